The van der Waals surface area contributed by atoms with Crippen molar-refractivity contribution in [1.82, 2.24) is 9.79 Å². The third kappa shape index (κ3) is 3.26. The van der Waals surface area contributed by atoms with Gasteiger partial charge in [-0.2, -0.15) is 4.31 Å². The maximum absolute atomic E-state index is 12.0. The molecule has 0 radical (unpaired) electrons. The maximum Gasteiger partial charge on any atom is 0.258 e. The smallest absolute Gasteiger partial charge is 0.258 e. The molecule has 1 rings (SSSR count). The standard InChI is InChI=1S/C10H14N2O4S/c1-8-3-5-9(6-4-8)17(15,16)12(2)7-10(13)11-14/h3-6,14H,7H2,1-2H3,(H,11,13). The highest BCUT2D eigenvalue weighted by Gasteiger charge is 2.22. The third-order valence-corrected chi connectivity index (χ3v) is 4.04. The van der Waals surface area contributed by atoms with Gasteiger partial charge in [0.2, 0.25) is 10.0 Å². The van der Waals surface area contributed by atoms with E-state index in [0.29, 0.717) is 0 Å². The zero-order valence-electron chi connectivity index (χ0n) is 9.54. The lowest BCUT2D eigenvalue weighted by molar-refractivity contribution is -0.129. The van der Waals surface area contributed by atoms with Crippen LogP contribution in [0, 0.1) is 6.92 Å². The molecule has 2 N–H and O–H groups in total. The highest BCUT2D eigenvalue weighted by Crippen LogP contribution is 2.14. The van der Waals surface area contributed by atoms with E-state index in [2.05, 4.69) is 0 Å². The molecule has 7 heteroatoms. The first-order valence-electron chi connectivity index (χ1n) is 4.84. The van der Waals surface area contributed by atoms with Gasteiger partial charge in [0.25, 0.3) is 5.91 Å². The number of amides is 1. The monoisotopic (exact) mass is 258 g/mol. The molecule has 0 atom stereocenters. The lowest BCUT2D eigenvalue weighted by Gasteiger charge is -2.15. The number of benzene rings is 1. The van der Waals surface area contributed by atoms with Crippen LogP contribution in [0.4, 0.5) is 0 Å². The van der Waals surface area contributed by atoms with Crippen LogP contribution in [-0.4, -0.2) is 37.4 Å². The van der Waals surface area contributed by atoms with E-state index in [1.54, 1.807) is 12.1 Å². The molecule has 94 valence electrons. The van der Waals surface area contributed by atoms with E-state index in [0.717, 1.165) is 9.87 Å². The number of aryl methyl sites for hydroxylation is 1. The summed E-state index contributed by atoms with van der Waals surface area (Å²) < 4.78 is 24.8. The first-order chi connectivity index (χ1) is 7.87. The number of nitrogens with one attached hydrogen (secondary N) is 1. The van der Waals surface area contributed by atoms with Gasteiger partial charge >= 0.3 is 0 Å². The number of likely N-dealkylation sites (N-methyl/N-ethyl adjacent to an activating group) is 1. The number of rotatable bonds is 4. The Kier molecular flexibility index (Phi) is 4.22. The van der Waals surface area contributed by atoms with Crippen molar-refractivity contribution < 1.29 is 18.4 Å². The van der Waals surface area contributed by atoms with Gasteiger partial charge in [-0.25, -0.2) is 13.9 Å². The van der Waals surface area contributed by atoms with Crippen molar-refractivity contribution in [3.63, 3.8) is 0 Å². The molecule has 6 nitrogen and oxygen atoms in total. The SMILES string of the molecule is Cc1ccc(S(=O)(=O)N(C)CC(=O)NO)cc1. The molecule has 0 saturated heterocycles. The molecule has 0 aliphatic heterocycles. The summed E-state index contributed by atoms with van der Waals surface area (Å²) in [6, 6.07) is 6.29. The van der Waals surface area contributed by atoms with Gasteiger partial charge in [0.1, 0.15) is 0 Å². The third-order valence-electron chi connectivity index (χ3n) is 2.22. The second-order valence-electron chi connectivity index (χ2n) is 3.61. The van der Waals surface area contributed by atoms with Crippen molar-refractivity contribution >= 4 is 15.9 Å². The number of hydrogen-bond donors (Lipinski definition) is 2. The van der Waals surface area contributed by atoms with Gasteiger partial charge in [0.15, 0.2) is 0 Å². The zero-order chi connectivity index (χ0) is 13.1. The normalized spacial score (nSPS) is 11.5. The molecular formula is C10H14N2O4S. The summed E-state index contributed by atoms with van der Waals surface area (Å²) in [5.41, 5.74) is 2.33. The number of hydroxylamine groups is 1. The summed E-state index contributed by atoms with van der Waals surface area (Å²) in [6.45, 7) is 1.41. The van der Waals surface area contributed by atoms with Crippen LogP contribution in [0.2, 0.25) is 0 Å². The lowest BCUT2D eigenvalue weighted by Crippen LogP contribution is -2.37. The quantitative estimate of drug-likeness (QED) is 0.593. The van der Waals surface area contributed by atoms with Crippen molar-refractivity contribution in [3.8, 4) is 0 Å². The number of hydrogen-bond acceptors (Lipinski definition) is 4. The molecule has 1 aromatic rings. The molecule has 1 amide bonds. The van der Waals surface area contributed by atoms with E-state index >= 15 is 0 Å². The summed E-state index contributed by atoms with van der Waals surface area (Å²) in [4.78, 5) is 11.0. The predicted molar refractivity (Wildman–Crippen MR) is 60.9 cm³/mol. The van der Waals surface area contributed by atoms with Crippen molar-refractivity contribution in [3.05, 3.63) is 29.8 Å². The molecule has 0 heterocycles. The summed E-state index contributed by atoms with van der Waals surface area (Å²) in [5, 5.41) is 8.34. The van der Waals surface area contributed by atoms with Crippen LogP contribution in [0.1, 0.15) is 5.56 Å². The second kappa shape index (κ2) is 5.26. The van der Waals surface area contributed by atoms with Gasteiger partial charge in [-0.05, 0) is 19.1 Å². The fourth-order valence-electron chi connectivity index (χ4n) is 1.21. The van der Waals surface area contributed by atoms with Crippen LogP contribution >= 0.6 is 0 Å². The Labute approximate surface area is 99.9 Å². The maximum atomic E-state index is 12.0. The highest BCUT2D eigenvalue weighted by molar-refractivity contribution is 7.89. The van der Waals surface area contributed by atoms with E-state index in [-0.39, 0.29) is 4.90 Å². The summed E-state index contributed by atoms with van der Waals surface area (Å²) in [7, 11) is -2.43. The first-order valence-corrected chi connectivity index (χ1v) is 6.28. The van der Waals surface area contributed by atoms with Gasteiger partial charge in [-0.3, -0.25) is 10.0 Å². The average Bonchev–Trinajstić information content (AvgIpc) is 2.29. The Bertz CT molecular complexity index is 496. The minimum absolute atomic E-state index is 0.108. The molecule has 17 heavy (non-hydrogen) atoms. The molecule has 0 bridgehead atoms. The van der Waals surface area contributed by atoms with Crippen LogP contribution in [0.3, 0.4) is 0 Å². The van der Waals surface area contributed by atoms with Crippen molar-refractivity contribution in [2.75, 3.05) is 13.6 Å². The summed E-state index contributed by atoms with van der Waals surface area (Å²) in [6.07, 6.45) is 0. The van der Waals surface area contributed by atoms with E-state index in [1.165, 1.54) is 24.7 Å². The number of carbonyl (C=O) groups excluding carboxylic acids is 1. The highest BCUT2D eigenvalue weighted by atomic mass is 32.2. The van der Waals surface area contributed by atoms with Gasteiger partial charge in [0.05, 0.1) is 11.4 Å². The zero-order valence-corrected chi connectivity index (χ0v) is 10.4. The number of carbonyl (C=O) groups is 1. The molecule has 0 unspecified atom stereocenters. The molecule has 0 fully saturated rings. The fourth-order valence-corrected chi connectivity index (χ4v) is 2.34. The van der Waals surface area contributed by atoms with E-state index in [1.807, 2.05) is 6.92 Å². The topological polar surface area (TPSA) is 86.7 Å². The van der Waals surface area contributed by atoms with Gasteiger partial charge in [0, 0.05) is 7.05 Å². The van der Waals surface area contributed by atoms with Crippen molar-refractivity contribution in [2.45, 2.75) is 11.8 Å². The molecule has 0 spiro atoms. The minimum Gasteiger partial charge on any atom is -0.289 e. The van der Waals surface area contributed by atoms with E-state index < -0.39 is 22.5 Å². The Hall–Kier alpha value is -1.44. The Morgan fingerprint density at radius 1 is 1.35 bits per heavy atom. The fraction of sp³-hybridized carbons (Fsp3) is 0.300. The molecule has 0 aliphatic rings. The summed E-state index contributed by atoms with van der Waals surface area (Å²) in [5.74, 6) is -0.789. The number of nitrogens with zero attached hydrogens (tertiary/aromatic N) is 1. The lowest BCUT2D eigenvalue weighted by atomic mass is 10.2. The largest absolute Gasteiger partial charge is 0.289 e. The molecule has 0 aromatic heterocycles. The predicted octanol–water partition coefficient (Wildman–Crippen LogP) is 0.121. The van der Waals surface area contributed by atoms with Gasteiger partial charge in [-0.1, -0.05) is 17.7 Å². The average molecular weight is 258 g/mol. The molecular weight excluding hydrogens is 244 g/mol. The van der Waals surface area contributed by atoms with Crippen LogP contribution in [0.25, 0.3) is 0 Å². The van der Waals surface area contributed by atoms with Crippen LogP contribution in [0.5, 0.6) is 0 Å². The van der Waals surface area contributed by atoms with Crippen molar-refractivity contribution in [1.29, 1.82) is 0 Å². The second-order valence-corrected chi connectivity index (χ2v) is 5.65. The Morgan fingerprint density at radius 3 is 2.35 bits per heavy atom. The van der Waals surface area contributed by atoms with Crippen LogP contribution < -0.4 is 5.48 Å². The summed E-state index contributed by atoms with van der Waals surface area (Å²) >= 11 is 0. The van der Waals surface area contributed by atoms with E-state index in [4.69, 9.17) is 5.21 Å². The number of sulfonamides is 1. The van der Waals surface area contributed by atoms with Gasteiger partial charge in [-0.15, -0.1) is 0 Å². The minimum atomic E-state index is -3.70. The molecule has 1 aromatic carbocycles. The van der Waals surface area contributed by atoms with Crippen LogP contribution in [0.15, 0.2) is 29.2 Å². The first kappa shape index (κ1) is 13.6. The van der Waals surface area contributed by atoms with E-state index in [9.17, 15) is 13.2 Å². The Balaban J connectivity index is 2.95. The van der Waals surface area contributed by atoms with Crippen LogP contribution in [-0.2, 0) is 14.8 Å². The molecule has 0 saturated carbocycles. The van der Waals surface area contributed by atoms with Crippen molar-refractivity contribution in [2.24, 2.45) is 0 Å². The molecule has 0 aliphatic carbocycles. The Morgan fingerprint density at radius 2 is 1.88 bits per heavy atom. The van der Waals surface area contributed by atoms with Gasteiger partial charge < -0.3 is 0 Å².